The summed E-state index contributed by atoms with van der Waals surface area (Å²) in [6.07, 6.45) is 8.84. The second-order valence-corrected chi connectivity index (χ2v) is 3.89. The molecule has 5 heteroatoms. The SMILES string of the molecule is Cn1nnc(C/C=C/CCNC2CC2)n1. The number of rotatable bonds is 6. The topological polar surface area (TPSA) is 55.6 Å². The van der Waals surface area contributed by atoms with Gasteiger partial charge in [-0.15, -0.1) is 10.2 Å². The van der Waals surface area contributed by atoms with Crippen molar-refractivity contribution < 1.29 is 0 Å². The van der Waals surface area contributed by atoms with Crippen molar-refractivity contribution >= 4 is 0 Å². The number of hydrogen-bond donors (Lipinski definition) is 1. The van der Waals surface area contributed by atoms with Crippen molar-refractivity contribution in [1.29, 1.82) is 0 Å². The average molecular weight is 207 g/mol. The van der Waals surface area contributed by atoms with E-state index in [1.54, 1.807) is 7.05 Å². The second-order valence-electron chi connectivity index (χ2n) is 3.89. The van der Waals surface area contributed by atoms with Crippen molar-refractivity contribution in [3.8, 4) is 0 Å². The summed E-state index contributed by atoms with van der Waals surface area (Å²) in [5, 5.41) is 15.2. The smallest absolute Gasteiger partial charge is 0.178 e. The molecule has 1 fully saturated rings. The number of nitrogens with zero attached hydrogens (tertiary/aromatic N) is 4. The van der Waals surface area contributed by atoms with E-state index in [1.165, 1.54) is 17.6 Å². The minimum Gasteiger partial charge on any atom is -0.314 e. The van der Waals surface area contributed by atoms with Crippen molar-refractivity contribution in [2.45, 2.75) is 31.7 Å². The largest absolute Gasteiger partial charge is 0.314 e. The van der Waals surface area contributed by atoms with Gasteiger partial charge >= 0.3 is 0 Å². The monoisotopic (exact) mass is 207 g/mol. The molecule has 1 saturated carbocycles. The van der Waals surface area contributed by atoms with Gasteiger partial charge in [0.2, 0.25) is 0 Å². The lowest BCUT2D eigenvalue weighted by atomic mass is 10.3. The lowest BCUT2D eigenvalue weighted by Gasteiger charge is -1.96. The highest BCUT2D eigenvalue weighted by Crippen LogP contribution is 2.18. The molecule has 2 rings (SSSR count). The summed E-state index contributed by atoms with van der Waals surface area (Å²) < 4.78 is 0. The first-order chi connectivity index (χ1) is 7.34. The third kappa shape index (κ3) is 3.79. The van der Waals surface area contributed by atoms with Crippen molar-refractivity contribution in [3.05, 3.63) is 18.0 Å². The van der Waals surface area contributed by atoms with Gasteiger partial charge in [-0.25, -0.2) is 0 Å². The molecule has 1 N–H and O–H groups in total. The molecule has 0 spiro atoms. The number of tetrazole rings is 1. The van der Waals surface area contributed by atoms with Gasteiger partial charge in [0.1, 0.15) is 0 Å². The average Bonchev–Trinajstić information content (AvgIpc) is 2.95. The summed E-state index contributed by atoms with van der Waals surface area (Å²) in [5.41, 5.74) is 0. The highest BCUT2D eigenvalue weighted by molar-refractivity contribution is 4.93. The van der Waals surface area contributed by atoms with Crippen LogP contribution >= 0.6 is 0 Å². The number of aromatic nitrogens is 4. The van der Waals surface area contributed by atoms with E-state index in [9.17, 15) is 0 Å². The second kappa shape index (κ2) is 5.02. The molecule has 1 aliphatic rings. The fraction of sp³-hybridized carbons (Fsp3) is 0.700. The van der Waals surface area contributed by atoms with Gasteiger partial charge in [-0.1, -0.05) is 12.2 Å². The zero-order chi connectivity index (χ0) is 10.5. The molecule has 82 valence electrons. The molecule has 0 unspecified atom stereocenters. The minimum absolute atomic E-state index is 0.775. The Labute approximate surface area is 89.6 Å². The summed E-state index contributed by atoms with van der Waals surface area (Å²) in [7, 11) is 1.78. The third-order valence-corrected chi connectivity index (χ3v) is 2.34. The molecule has 0 aliphatic heterocycles. The number of aryl methyl sites for hydroxylation is 1. The van der Waals surface area contributed by atoms with Gasteiger partial charge in [-0.3, -0.25) is 0 Å². The zero-order valence-electron chi connectivity index (χ0n) is 9.06. The van der Waals surface area contributed by atoms with Crippen LogP contribution in [0.2, 0.25) is 0 Å². The van der Waals surface area contributed by atoms with E-state index < -0.39 is 0 Å². The van der Waals surface area contributed by atoms with Crippen LogP contribution < -0.4 is 5.32 Å². The van der Waals surface area contributed by atoms with Crippen LogP contribution in [0, 0.1) is 0 Å². The Morgan fingerprint density at radius 1 is 1.47 bits per heavy atom. The van der Waals surface area contributed by atoms with E-state index >= 15 is 0 Å². The van der Waals surface area contributed by atoms with Gasteiger partial charge in [-0.2, -0.15) is 4.80 Å². The Kier molecular flexibility index (Phi) is 3.45. The third-order valence-electron chi connectivity index (χ3n) is 2.34. The molecule has 1 aromatic heterocycles. The van der Waals surface area contributed by atoms with Gasteiger partial charge in [0.05, 0.1) is 7.05 Å². The summed E-state index contributed by atoms with van der Waals surface area (Å²) >= 11 is 0. The highest BCUT2D eigenvalue weighted by Gasteiger charge is 2.19. The van der Waals surface area contributed by atoms with Crippen LogP contribution in [-0.4, -0.2) is 32.8 Å². The van der Waals surface area contributed by atoms with Crippen molar-refractivity contribution in [1.82, 2.24) is 25.5 Å². The molecular weight excluding hydrogens is 190 g/mol. The van der Waals surface area contributed by atoms with Crippen molar-refractivity contribution in [2.24, 2.45) is 7.05 Å². The molecule has 0 radical (unpaired) electrons. The fourth-order valence-corrected chi connectivity index (χ4v) is 1.37. The maximum atomic E-state index is 4.09. The minimum atomic E-state index is 0.775. The number of nitrogens with one attached hydrogen (secondary N) is 1. The Morgan fingerprint density at radius 2 is 2.33 bits per heavy atom. The molecule has 15 heavy (non-hydrogen) atoms. The predicted octanol–water partition coefficient (Wildman–Crippen LogP) is 0.451. The first-order valence-electron chi connectivity index (χ1n) is 5.46. The van der Waals surface area contributed by atoms with Crippen LogP contribution in [0.15, 0.2) is 12.2 Å². The first kappa shape index (κ1) is 10.3. The molecule has 1 heterocycles. The van der Waals surface area contributed by atoms with Gasteiger partial charge in [-0.05, 0) is 31.0 Å². The maximum Gasteiger partial charge on any atom is 0.178 e. The van der Waals surface area contributed by atoms with E-state index in [2.05, 4.69) is 32.9 Å². The molecular formula is C10H17N5. The summed E-state index contributed by atoms with van der Waals surface area (Å²) in [6.45, 7) is 1.08. The summed E-state index contributed by atoms with van der Waals surface area (Å²) in [4.78, 5) is 1.48. The fourth-order valence-electron chi connectivity index (χ4n) is 1.37. The van der Waals surface area contributed by atoms with Gasteiger partial charge in [0, 0.05) is 12.5 Å². The lowest BCUT2D eigenvalue weighted by Crippen LogP contribution is -2.16. The number of allylic oxidation sites excluding steroid dienone is 1. The van der Waals surface area contributed by atoms with Gasteiger partial charge in [0.25, 0.3) is 0 Å². The zero-order valence-corrected chi connectivity index (χ0v) is 9.06. The summed E-state index contributed by atoms with van der Waals surface area (Å²) in [6, 6.07) is 0.806. The van der Waals surface area contributed by atoms with E-state index in [4.69, 9.17) is 0 Å². The first-order valence-corrected chi connectivity index (χ1v) is 5.46. The van der Waals surface area contributed by atoms with Crippen LogP contribution in [0.4, 0.5) is 0 Å². The highest BCUT2D eigenvalue weighted by atomic mass is 15.6. The van der Waals surface area contributed by atoms with Gasteiger partial charge < -0.3 is 5.32 Å². The Hall–Kier alpha value is -1.23. The van der Waals surface area contributed by atoms with Crippen LogP contribution in [0.5, 0.6) is 0 Å². The Bertz CT molecular complexity index is 326. The van der Waals surface area contributed by atoms with E-state index in [0.717, 1.165) is 31.3 Å². The molecule has 1 aromatic rings. The molecule has 0 amide bonds. The normalized spacial score (nSPS) is 16.3. The van der Waals surface area contributed by atoms with E-state index in [-0.39, 0.29) is 0 Å². The molecule has 0 aromatic carbocycles. The van der Waals surface area contributed by atoms with E-state index in [1.807, 2.05) is 0 Å². The molecule has 0 bridgehead atoms. The van der Waals surface area contributed by atoms with Crippen LogP contribution in [0.3, 0.4) is 0 Å². The number of hydrogen-bond acceptors (Lipinski definition) is 4. The molecule has 0 atom stereocenters. The van der Waals surface area contributed by atoms with Crippen LogP contribution in [0.25, 0.3) is 0 Å². The van der Waals surface area contributed by atoms with Crippen molar-refractivity contribution in [3.63, 3.8) is 0 Å². The van der Waals surface area contributed by atoms with E-state index in [0.29, 0.717) is 0 Å². The standard InChI is InChI=1S/C10H17N5/c1-15-13-10(12-14-15)5-3-2-4-8-11-9-6-7-9/h2-3,9,11H,4-8H2,1H3/b3-2+. The Balaban J connectivity index is 1.57. The maximum absolute atomic E-state index is 4.09. The van der Waals surface area contributed by atoms with Crippen LogP contribution in [-0.2, 0) is 13.5 Å². The van der Waals surface area contributed by atoms with Gasteiger partial charge in [0.15, 0.2) is 5.82 Å². The summed E-state index contributed by atoms with van der Waals surface area (Å²) in [5.74, 6) is 0.781. The Morgan fingerprint density at radius 3 is 3.00 bits per heavy atom. The molecule has 1 aliphatic carbocycles. The lowest BCUT2D eigenvalue weighted by molar-refractivity contribution is 0.628. The van der Waals surface area contributed by atoms with Crippen molar-refractivity contribution in [2.75, 3.05) is 6.54 Å². The predicted molar refractivity (Wildman–Crippen MR) is 57.3 cm³/mol. The molecule has 0 saturated heterocycles. The quantitative estimate of drug-likeness (QED) is 0.543. The molecule has 5 nitrogen and oxygen atoms in total. The van der Waals surface area contributed by atoms with Crippen LogP contribution in [0.1, 0.15) is 25.1 Å².